The lowest BCUT2D eigenvalue weighted by Gasteiger charge is -2.05. The fourth-order valence-corrected chi connectivity index (χ4v) is 2.98. The highest BCUT2D eigenvalue weighted by atomic mass is 16.5. The van der Waals surface area contributed by atoms with Crippen LogP contribution >= 0.6 is 0 Å². The van der Waals surface area contributed by atoms with Crippen LogP contribution < -0.4 is 10.6 Å². The zero-order valence-electron chi connectivity index (χ0n) is 15.9. The maximum Gasteiger partial charge on any atom is 0.302 e. The van der Waals surface area contributed by atoms with E-state index in [1.807, 2.05) is 35.9 Å². The third kappa shape index (κ3) is 4.05. The standard InChI is InChI=1S/C20H21N5O4/c1-25-16-5-3-2-4-14(16)22-19(25)24-20-23-15-12-13(6-7-17(15)29-20)18(27)21-8-10-28-11-9-26/h2-7,12,26H,8-11H2,1H3,(H,21,27)(H,22,23,24). The number of aromatic nitrogens is 3. The maximum absolute atomic E-state index is 12.3. The number of amides is 1. The van der Waals surface area contributed by atoms with Gasteiger partial charge in [-0.2, -0.15) is 4.98 Å². The Hall–Kier alpha value is -3.43. The normalized spacial score (nSPS) is 11.2. The summed E-state index contributed by atoms with van der Waals surface area (Å²) in [5, 5.41) is 14.5. The third-order valence-electron chi connectivity index (χ3n) is 4.42. The Morgan fingerprint density at radius 2 is 2.03 bits per heavy atom. The summed E-state index contributed by atoms with van der Waals surface area (Å²) < 4.78 is 12.8. The molecule has 0 atom stereocenters. The average molecular weight is 395 g/mol. The van der Waals surface area contributed by atoms with Gasteiger partial charge in [0, 0.05) is 19.2 Å². The van der Waals surface area contributed by atoms with Crippen molar-refractivity contribution < 1.29 is 19.1 Å². The minimum Gasteiger partial charge on any atom is -0.423 e. The molecule has 0 aliphatic carbocycles. The Kier molecular flexibility index (Phi) is 5.41. The number of para-hydroxylation sites is 2. The predicted molar refractivity (Wildman–Crippen MR) is 108 cm³/mol. The minimum atomic E-state index is -0.229. The van der Waals surface area contributed by atoms with Crippen molar-refractivity contribution in [3.8, 4) is 0 Å². The molecule has 2 heterocycles. The van der Waals surface area contributed by atoms with Crippen LogP contribution in [0.2, 0.25) is 0 Å². The van der Waals surface area contributed by atoms with Crippen molar-refractivity contribution in [1.29, 1.82) is 0 Å². The molecule has 0 fully saturated rings. The number of benzene rings is 2. The lowest BCUT2D eigenvalue weighted by molar-refractivity contribution is 0.0838. The lowest BCUT2D eigenvalue weighted by Crippen LogP contribution is -2.27. The van der Waals surface area contributed by atoms with Crippen molar-refractivity contribution in [2.75, 3.05) is 31.7 Å². The first-order chi connectivity index (χ1) is 14.2. The number of carbonyl (C=O) groups excluding carboxylic acids is 1. The highest BCUT2D eigenvalue weighted by molar-refractivity contribution is 5.97. The monoisotopic (exact) mass is 395 g/mol. The van der Waals surface area contributed by atoms with Crippen LogP contribution in [0.4, 0.5) is 12.0 Å². The molecule has 2 aromatic heterocycles. The predicted octanol–water partition coefficient (Wildman–Crippen LogP) is 2.20. The number of carbonyl (C=O) groups is 1. The summed E-state index contributed by atoms with van der Waals surface area (Å²) in [7, 11) is 1.91. The second-order valence-electron chi connectivity index (χ2n) is 6.40. The fraction of sp³-hybridized carbons (Fsp3) is 0.250. The van der Waals surface area contributed by atoms with Gasteiger partial charge in [0.25, 0.3) is 5.91 Å². The second-order valence-corrected chi connectivity index (χ2v) is 6.40. The summed E-state index contributed by atoms with van der Waals surface area (Å²) in [6.45, 7) is 0.906. The minimum absolute atomic E-state index is 0.0402. The van der Waals surface area contributed by atoms with Crippen LogP contribution in [0, 0.1) is 0 Å². The van der Waals surface area contributed by atoms with E-state index in [2.05, 4.69) is 20.6 Å². The third-order valence-corrected chi connectivity index (χ3v) is 4.42. The van der Waals surface area contributed by atoms with Crippen LogP contribution in [-0.2, 0) is 11.8 Å². The van der Waals surface area contributed by atoms with E-state index in [4.69, 9.17) is 14.3 Å². The topological polar surface area (TPSA) is 114 Å². The van der Waals surface area contributed by atoms with Gasteiger partial charge in [-0.05, 0) is 30.3 Å². The molecule has 9 nitrogen and oxygen atoms in total. The Morgan fingerprint density at radius 3 is 2.86 bits per heavy atom. The van der Waals surface area contributed by atoms with Gasteiger partial charge in [0.15, 0.2) is 5.58 Å². The van der Waals surface area contributed by atoms with E-state index < -0.39 is 0 Å². The van der Waals surface area contributed by atoms with Gasteiger partial charge in [-0.3, -0.25) is 10.1 Å². The van der Waals surface area contributed by atoms with Gasteiger partial charge < -0.3 is 24.1 Å². The van der Waals surface area contributed by atoms with Crippen molar-refractivity contribution in [3.63, 3.8) is 0 Å². The number of rotatable bonds is 8. The van der Waals surface area contributed by atoms with Gasteiger partial charge in [0.2, 0.25) is 5.95 Å². The van der Waals surface area contributed by atoms with Crippen LogP contribution in [0.5, 0.6) is 0 Å². The molecule has 29 heavy (non-hydrogen) atoms. The molecular weight excluding hydrogens is 374 g/mol. The molecule has 0 aliphatic heterocycles. The molecule has 3 N–H and O–H groups in total. The average Bonchev–Trinajstić information content (AvgIpc) is 3.28. The van der Waals surface area contributed by atoms with Crippen LogP contribution in [-0.4, -0.2) is 51.9 Å². The Labute approximate surface area is 166 Å². The van der Waals surface area contributed by atoms with E-state index >= 15 is 0 Å². The van der Waals surface area contributed by atoms with Gasteiger partial charge in [0.1, 0.15) is 5.52 Å². The molecular formula is C20H21N5O4. The summed E-state index contributed by atoms with van der Waals surface area (Å²) in [5.41, 5.74) is 3.47. The molecule has 0 saturated heterocycles. The van der Waals surface area contributed by atoms with E-state index in [-0.39, 0.29) is 19.1 Å². The van der Waals surface area contributed by atoms with Crippen LogP contribution in [0.1, 0.15) is 10.4 Å². The van der Waals surface area contributed by atoms with E-state index in [9.17, 15) is 4.79 Å². The van der Waals surface area contributed by atoms with Gasteiger partial charge in [-0.15, -0.1) is 0 Å². The molecule has 150 valence electrons. The first-order valence-electron chi connectivity index (χ1n) is 9.21. The number of fused-ring (bicyclic) bond motifs is 2. The quantitative estimate of drug-likeness (QED) is 0.392. The smallest absolute Gasteiger partial charge is 0.302 e. The number of ether oxygens (including phenoxy) is 1. The highest BCUT2D eigenvalue weighted by Crippen LogP contribution is 2.24. The number of nitrogens with zero attached hydrogens (tertiary/aromatic N) is 3. The Morgan fingerprint density at radius 1 is 1.17 bits per heavy atom. The number of aryl methyl sites for hydroxylation is 1. The van der Waals surface area contributed by atoms with E-state index in [1.54, 1.807) is 18.2 Å². The number of hydrogen-bond acceptors (Lipinski definition) is 7. The van der Waals surface area contributed by atoms with Gasteiger partial charge >= 0.3 is 6.01 Å². The Balaban J connectivity index is 1.48. The second kappa shape index (κ2) is 8.29. The molecule has 4 rings (SSSR count). The van der Waals surface area contributed by atoms with Crippen molar-refractivity contribution >= 4 is 40.0 Å². The van der Waals surface area contributed by atoms with E-state index in [0.29, 0.717) is 41.8 Å². The number of oxazole rings is 1. The van der Waals surface area contributed by atoms with Gasteiger partial charge in [0.05, 0.1) is 30.9 Å². The molecule has 4 aromatic rings. The fourth-order valence-electron chi connectivity index (χ4n) is 2.98. The number of aliphatic hydroxyl groups is 1. The number of anilines is 2. The molecule has 0 spiro atoms. The molecule has 9 heteroatoms. The highest BCUT2D eigenvalue weighted by Gasteiger charge is 2.13. The summed E-state index contributed by atoms with van der Waals surface area (Å²) in [4.78, 5) is 21.2. The first kappa shape index (κ1) is 18.9. The van der Waals surface area contributed by atoms with Crippen molar-refractivity contribution in [2.24, 2.45) is 7.05 Å². The summed E-state index contributed by atoms with van der Waals surface area (Å²) in [6.07, 6.45) is 0. The molecule has 0 unspecified atom stereocenters. The zero-order valence-corrected chi connectivity index (χ0v) is 15.9. The first-order valence-corrected chi connectivity index (χ1v) is 9.21. The van der Waals surface area contributed by atoms with Gasteiger partial charge in [-0.1, -0.05) is 12.1 Å². The molecule has 0 radical (unpaired) electrons. The number of hydrogen-bond donors (Lipinski definition) is 3. The number of imidazole rings is 1. The lowest BCUT2D eigenvalue weighted by atomic mass is 10.2. The van der Waals surface area contributed by atoms with Crippen LogP contribution in [0.15, 0.2) is 46.9 Å². The summed E-state index contributed by atoms with van der Waals surface area (Å²) >= 11 is 0. The largest absolute Gasteiger partial charge is 0.423 e. The molecule has 0 bridgehead atoms. The SMILES string of the molecule is Cn1c(Nc2nc3cc(C(=O)NCCOCCO)ccc3o2)nc2ccccc21. The molecule has 0 saturated carbocycles. The van der Waals surface area contributed by atoms with Crippen LogP contribution in [0.25, 0.3) is 22.1 Å². The maximum atomic E-state index is 12.3. The van der Waals surface area contributed by atoms with Crippen LogP contribution in [0.3, 0.4) is 0 Å². The van der Waals surface area contributed by atoms with Crippen molar-refractivity contribution in [3.05, 3.63) is 48.0 Å². The van der Waals surface area contributed by atoms with Crippen molar-refractivity contribution in [1.82, 2.24) is 19.9 Å². The Bertz CT molecular complexity index is 1150. The number of nitrogens with one attached hydrogen (secondary N) is 2. The zero-order chi connectivity index (χ0) is 20.2. The summed E-state index contributed by atoms with van der Waals surface area (Å²) in [6, 6.07) is 13.2. The van der Waals surface area contributed by atoms with Crippen molar-refractivity contribution in [2.45, 2.75) is 0 Å². The molecule has 0 aliphatic rings. The van der Waals surface area contributed by atoms with Gasteiger partial charge in [-0.25, -0.2) is 4.98 Å². The molecule has 1 amide bonds. The van der Waals surface area contributed by atoms with E-state index in [1.165, 1.54) is 0 Å². The number of aliphatic hydroxyl groups excluding tert-OH is 1. The summed E-state index contributed by atoms with van der Waals surface area (Å²) in [5.74, 6) is 0.381. The van der Waals surface area contributed by atoms with E-state index in [0.717, 1.165) is 11.0 Å². The molecule has 2 aromatic carbocycles.